The van der Waals surface area contributed by atoms with E-state index in [-0.39, 0.29) is 20.0 Å². The normalized spacial score (nSPS) is 13.9. The van der Waals surface area contributed by atoms with E-state index in [0.29, 0.717) is 0 Å². The van der Waals surface area contributed by atoms with Crippen LogP contribution >= 0.6 is 0 Å². The molecule has 2 atom stereocenters. The van der Waals surface area contributed by atoms with Gasteiger partial charge in [0.05, 0.1) is 0 Å². The quantitative estimate of drug-likeness (QED) is 0.337. The summed E-state index contributed by atoms with van der Waals surface area (Å²) >= 11 is 0. The number of aromatic amines is 1. The minimum atomic E-state index is -1.13. The van der Waals surface area contributed by atoms with Gasteiger partial charge >= 0.3 is 12.1 Å². The zero-order valence-corrected chi connectivity index (χ0v) is 18.1. The summed E-state index contributed by atoms with van der Waals surface area (Å²) in [7, 11) is 0. The van der Waals surface area contributed by atoms with Crippen molar-refractivity contribution in [2.45, 2.75) is 32.2 Å². The summed E-state index contributed by atoms with van der Waals surface area (Å²) in [5, 5.41) is 13.3. The van der Waals surface area contributed by atoms with E-state index in [1.807, 2.05) is 60.7 Å². The average Bonchev–Trinajstić information content (AvgIpc) is 3.40. The summed E-state index contributed by atoms with van der Waals surface area (Å²) in [5.41, 5.74) is 6.24. The van der Waals surface area contributed by atoms with Crippen LogP contribution in [0.5, 0.6) is 0 Å². The van der Waals surface area contributed by atoms with Gasteiger partial charge in [0.2, 0.25) is 0 Å². The van der Waals surface area contributed by atoms with Crippen LogP contribution in [0.3, 0.4) is 0 Å². The summed E-state index contributed by atoms with van der Waals surface area (Å²) in [6, 6.07) is 22.7. The summed E-state index contributed by atoms with van der Waals surface area (Å²) in [6.07, 6.45) is 1.06. The van der Waals surface area contributed by atoms with Crippen molar-refractivity contribution in [2.75, 3.05) is 6.61 Å². The van der Waals surface area contributed by atoms with Gasteiger partial charge in [0, 0.05) is 28.9 Å². The Kier molecular flexibility index (Phi) is 6.41. The molecular weight excluding hydrogens is 428 g/mol. The van der Waals surface area contributed by atoms with Gasteiger partial charge < -0.3 is 20.1 Å². The molecule has 1 amide bonds. The van der Waals surface area contributed by atoms with Crippen LogP contribution < -0.4 is 5.32 Å². The Labute approximate surface area is 198 Å². The molecule has 0 bridgehead atoms. The van der Waals surface area contributed by atoms with E-state index in [1.54, 1.807) is 13.1 Å². The SMILES string of the molecule is C.C[C@H](c1c[nH]c2ccccc12)[C@H](NC(=O)OCC1c2ccccc2-c2ccccc21)C(=O)O. The second-order valence-electron chi connectivity index (χ2n) is 8.36. The minimum absolute atomic E-state index is 0. The van der Waals surface area contributed by atoms with E-state index in [4.69, 9.17) is 4.74 Å². The molecule has 0 saturated heterocycles. The van der Waals surface area contributed by atoms with Crippen molar-refractivity contribution in [3.63, 3.8) is 0 Å². The Bertz CT molecular complexity index is 1300. The van der Waals surface area contributed by atoms with Gasteiger partial charge in [-0.1, -0.05) is 81.1 Å². The molecule has 0 unspecified atom stereocenters. The van der Waals surface area contributed by atoms with Gasteiger partial charge in [0.15, 0.2) is 0 Å². The number of nitrogens with one attached hydrogen (secondary N) is 2. The number of amides is 1. The number of H-pyrrole nitrogens is 1. The highest BCUT2D eigenvalue weighted by molar-refractivity contribution is 5.86. The van der Waals surface area contributed by atoms with Crippen molar-refractivity contribution < 1.29 is 19.4 Å². The summed E-state index contributed by atoms with van der Waals surface area (Å²) in [4.78, 5) is 27.8. The number of aliphatic carboxylic acids is 1. The third-order valence-electron chi connectivity index (χ3n) is 6.49. The molecule has 0 saturated carbocycles. The fraction of sp³-hybridized carbons (Fsp3) is 0.214. The molecule has 1 aliphatic carbocycles. The number of fused-ring (bicyclic) bond motifs is 4. The lowest BCUT2D eigenvalue weighted by atomic mass is 9.93. The van der Waals surface area contributed by atoms with Crippen LogP contribution in [0.1, 0.15) is 42.9 Å². The molecule has 0 spiro atoms. The number of hydrogen-bond acceptors (Lipinski definition) is 3. The maximum atomic E-state index is 12.7. The molecule has 3 N–H and O–H groups in total. The number of para-hydroxylation sites is 1. The van der Waals surface area contributed by atoms with Crippen molar-refractivity contribution in [3.05, 3.63) is 95.7 Å². The number of carboxylic acids is 1. The molecule has 6 heteroatoms. The molecular formula is C28H28N2O4. The lowest BCUT2D eigenvalue weighted by Crippen LogP contribution is -2.44. The highest BCUT2D eigenvalue weighted by Gasteiger charge is 2.32. The number of carbonyl (C=O) groups excluding carboxylic acids is 1. The molecule has 4 aromatic rings. The Morgan fingerprint density at radius 3 is 2.21 bits per heavy atom. The van der Waals surface area contributed by atoms with Crippen LogP contribution in [0.4, 0.5) is 4.79 Å². The van der Waals surface area contributed by atoms with Crippen LogP contribution in [0, 0.1) is 0 Å². The highest BCUT2D eigenvalue weighted by Crippen LogP contribution is 2.44. The summed E-state index contributed by atoms with van der Waals surface area (Å²) < 4.78 is 5.55. The second kappa shape index (κ2) is 9.43. The molecule has 0 aliphatic heterocycles. The topological polar surface area (TPSA) is 91.4 Å². The molecule has 174 valence electrons. The first-order valence-corrected chi connectivity index (χ1v) is 10.9. The van der Waals surface area contributed by atoms with Crippen LogP contribution in [-0.4, -0.2) is 34.8 Å². The van der Waals surface area contributed by atoms with Crippen LogP contribution in [0.2, 0.25) is 0 Å². The molecule has 1 aromatic heterocycles. The number of carboxylic acid groups (broad SMARTS) is 1. The molecule has 34 heavy (non-hydrogen) atoms. The van der Waals surface area contributed by atoms with Crippen molar-refractivity contribution in [3.8, 4) is 11.1 Å². The lowest BCUT2D eigenvalue weighted by Gasteiger charge is -2.22. The van der Waals surface area contributed by atoms with E-state index in [1.165, 1.54) is 0 Å². The van der Waals surface area contributed by atoms with Gasteiger partial charge in [0.1, 0.15) is 12.6 Å². The van der Waals surface area contributed by atoms with E-state index in [0.717, 1.165) is 38.7 Å². The zero-order valence-electron chi connectivity index (χ0n) is 18.1. The lowest BCUT2D eigenvalue weighted by molar-refractivity contribution is -0.139. The molecule has 3 aromatic carbocycles. The van der Waals surface area contributed by atoms with E-state index < -0.39 is 24.0 Å². The van der Waals surface area contributed by atoms with Crippen LogP contribution in [-0.2, 0) is 9.53 Å². The maximum Gasteiger partial charge on any atom is 0.407 e. The predicted molar refractivity (Wildman–Crippen MR) is 133 cm³/mol. The fourth-order valence-corrected chi connectivity index (χ4v) is 4.82. The smallest absolute Gasteiger partial charge is 0.407 e. The Hall–Kier alpha value is -4.06. The van der Waals surface area contributed by atoms with Crippen molar-refractivity contribution in [1.82, 2.24) is 10.3 Å². The zero-order chi connectivity index (χ0) is 22.9. The Morgan fingerprint density at radius 1 is 0.971 bits per heavy atom. The summed E-state index contributed by atoms with van der Waals surface area (Å²) in [6.45, 7) is 1.92. The van der Waals surface area contributed by atoms with Crippen molar-refractivity contribution in [1.29, 1.82) is 0 Å². The Morgan fingerprint density at radius 2 is 1.56 bits per heavy atom. The number of alkyl carbamates (subject to hydrolysis) is 1. The van der Waals surface area contributed by atoms with Crippen molar-refractivity contribution in [2.24, 2.45) is 0 Å². The predicted octanol–water partition coefficient (Wildman–Crippen LogP) is 5.90. The molecule has 6 nitrogen and oxygen atoms in total. The van der Waals surface area contributed by atoms with Crippen molar-refractivity contribution >= 4 is 23.0 Å². The summed E-state index contributed by atoms with van der Waals surface area (Å²) in [5.74, 6) is -1.65. The van der Waals surface area contributed by atoms with Gasteiger partial charge in [-0.15, -0.1) is 0 Å². The van der Waals surface area contributed by atoms with E-state index in [9.17, 15) is 14.7 Å². The number of carbonyl (C=O) groups is 2. The Balaban J connectivity index is 0.00000274. The number of rotatable bonds is 6. The maximum absolute atomic E-state index is 12.7. The van der Waals surface area contributed by atoms with Gasteiger partial charge in [-0.3, -0.25) is 0 Å². The third-order valence-corrected chi connectivity index (χ3v) is 6.49. The van der Waals surface area contributed by atoms with Gasteiger partial charge in [-0.25, -0.2) is 9.59 Å². The largest absolute Gasteiger partial charge is 0.480 e. The number of hydrogen-bond donors (Lipinski definition) is 3. The first-order valence-electron chi connectivity index (χ1n) is 10.9. The molecule has 1 aliphatic rings. The van der Waals surface area contributed by atoms with Gasteiger partial charge in [0.25, 0.3) is 0 Å². The monoisotopic (exact) mass is 456 g/mol. The molecule has 0 radical (unpaired) electrons. The number of ether oxygens (including phenoxy) is 1. The van der Waals surface area contributed by atoms with Gasteiger partial charge in [-0.2, -0.15) is 0 Å². The number of benzene rings is 3. The molecule has 5 rings (SSSR count). The second-order valence-corrected chi connectivity index (χ2v) is 8.36. The van der Waals surface area contributed by atoms with E-state index in [2.05, 4.69) is 22.4 Å². The molecule has 0 fully saturated rings. The van der Waals surface area contributed by atoms with Gasteiger partial charge in [-0.05, 0) is 33.9 Å². The first-order chi connectivity index (χ1) is 16.0. The molecule has 1 heterocycles. The van der Waals surface area contributed by atoms with Crippen LogP contribution in [0.15, 0.2) is 79.0 Å². The fourth-order valence-electron chi connectivity index (χ4n) is 4.82. The average molecular weight is 457 g/mol. The van der Waals surface area contributed by atoms with Crippen LogP contribution in [0.25, 0.3) is 22.0 Å². The highest BCUT2D eigenvalue weighted by atomic mass is 16.5. The minimum Gasteiger partial charge on any atom is -0.480 e. The first kappa shape index (κ1) is 23.1. The number of aromatic nitrogens is 1. The standard InChI is InChI=1S/C27H24N2O4.CH4/c1-16(22-14-28-24-13-7-6-12-21(22)24)25(26(30)31)29-27(32)33-15-23-19-10-4-2-8-17(19)18-9-3-5-11-20(18)23;/h2-14,16,23,25,28H,15H2,1H3,(H,29,32)(H,30,31);1H4/t16-,25+;/m1./s1. The third kappa shape index (κ3) is 4.03. The van der Waals surface area contributed by atoms with E-state index >= 15 is 0 Å².